The summed E-state index contributed by atoms with van der Waals surface area (Å²) >= 11 is 0. The quantitative estimate of drug-likeness (QED) is 0.778. The minimum Gasteiger partial charge on any atom is -0.462 e. The maximum absolute atomic E-state index is 12.4. The molecular weight excluding hydrogens is 352 g/mol. The zero-order valence-corrected chi connectivity index (χ0v) is 15.8. The monoisotopic (exact) mass is 376 g/mol. The first-order valence-corrected chi connectivity index (χ1v) is 8.69. The van der Waals surface area contributed by atoms with Crippen LogP contribution in [0.25, 0.3) is 0 Å². The fourth-order valence-electron chi connectivity index (χ4n) is 2.90. The molecule has 0 amide bonds. The fraction of sp³-hybridized carbons (Fsp3) is 0.350. The Morgan fingerprint density at radius 2 is 1.88 bits per heavy atom. The largest absolute Gasteiger partial charge is 0.462 e. The number of esters is 1. The highest BCUT2D eigenvalue weighted by atomic mass is 35.5. The van der Waals surface area contributed by atoms with Crippen LogP contribution in [0.2, 0.25) is 0 Å². The summed E-state index contributed by atoms with van der Waals surface area (Å²) in [5.41, 5.74) is 3.61. The van der Waals surface area contributed by atoms with Gasteiger partial charge in [0.05, 0.1) is 31.1 Å². The SMILES string of the molecule is CCOC(=O)c1cc(NCc2ccccc2)ccc1N1CCOCC1.Cl. The third-order valence-electron chi connectivity index (χ3n) is 4.18. The number of carbonyl (C=O) groups excluding carboxylic acids is 1. The number of hydrogen-bond donors (Lipinski definition) is 1. The van der Waals surface area contributed by atoms with Gasteiger partial charge in [0, 0.05) is 25.3 Å². The molecule has 0 aliphatic carbocycles. The molecule has 26 heavy (non-hydrogen) atoms. The molecule has 2 aromatic rings. The van der Waals surface area contributed by atoms with E-state index in [0.29, 0.717) is 31.9 Å². The molecule has 1 saturated heterocycles. The lowest BCUT2D eigenvalue weighted by Crippen LogP contribution is -2.37. The number of benzene rings is 2. The summed E-state index contributed by atoms with van der Waals surface area (Å²) in [4.78, 5) is 14.6. The van der Waals surface area contributed by atoms with Gasteiger partial charge in [-0.3, -0.25) is 0 Å². The van der Waals surface area contributed by atoms with Gasteiger partial charge in [-0.25, -0.2) is 4.79 Å². The van der Waals surface area contributed by atoms with Crippen molar-refractivity contribution in [3.05, 3.63) is 59.7 Å². The van der Waals surface area contributed by atoms with Gasteiger partial charge in [0.2, 0.25) is 0 Å². The maximum Gasteiger partial charge on any atom is 0.340 e. The molecule has 0 unspecified atom stereocenters. The number of carbonyl (C=O) groups is 1. The van der Waals surface area contributed by atoms with E-state index < -0.39 is 0 Å². The second-order valence-corrected chi connectivity index (χ2v) is 5.89. The number of halogens is 1. The van der Waals surface area contributed by atoms with Crippen molar-refractivity contribution in [3.8, 4) is 0 Å². The molecule has 1 aliphatic heterocycles. The number of hydrogen-bond acceptors (Lipinski definition) is 5. The first-order valence-electron chi connectivity index (χ1n) is 8.69. The van der Waals surface area contributed by atoms with E-state index in [4.69, 9.17) is 9.47 Å². The van der Waals surface area contributed by atoms with Crippen molar-refractivity contribution >= 4 is 29.8 Å². The normalized spacial score (nSPS) is 13.7. The lowest BCUT2D eigenvalue weighted by atomic mass is 10.1. The molecule has 1 fully saturated rings. The summed E-state index contributed by atoms with van der Waals surface area (Å²) in [7, 11) is 0. The average Bonchev–Trinajstić information content (AvgIpc) is 2.68. The van der Waals surface area contributed by atoms with Crippen LogP contribution in [-0.4, -0.2) is 38.9 Å². The summed E-state index contributed by atoms with van der Waals surface area (Å²) in [6.07, 6.45) is 0. The van der Waals surface area contributed by atoms with Gasteiger partial charge in [0.15, 0.2) is 0 Å². The van der Waals surface area contributed by atoms with Gasteiger partial charge in [-0.05, 0) is 30.7 Å². The van der Waals surface area contributed by atoms with Crippen molar-refractivity contribution in [1.82, 2.24) is 0 Å². The van der Waals surface area contributed by atoms with Gasteiger partial charge < -0.3 is 19.7 Å². The van der Waals surface area contributed by atoms with Gasteiger partial charge in [-0.1, -0.05) is 30.3 Å². The Bertz CT molecular complexity index is 703. The molecule has 6 heteroatoms. The molecule has 0 atom stereocenters. The van der Waals surface area contributed by atoms with Crippen molar-refractivity contribution in [3.63, 3.8) is 0 Å². The fourth-order valence-corrected chi connectivity index (χ4v) is 2.90. The van der Waals surface area contributed by atoms with E-state index in [2.05, 4.69) is 22.3 Å². The minimum absolute atomic E-state index is 0. The summed E-state index contributed by atoms with van der Waals surface area (Å²) in [6.45, 7) is 5.81. The van der Waals surface area contributed by atoms with Gasteiger partial charge in [-0.2, -0.15) is 0 Å². The standard InChI is InChI=1S/C20H24N2O3.ClH/c1-2-25-20(23)18-14-17(21-15-16-6-4-3-5-7-16)8-9-19(18)22-10-12-24-13-11-22;/h3-9,14,21H,2,10-13,15H2,1H3;1H. The third kappa shape index (κ3) is 5.13. The van der Waals surface area contributed by atoms with E-state index in [9.17, 15) is 4.79 Å². The van der Waals surface area contributed by atoms with E-state index in [1.165, 1.54) is 5.56 Å². The molecular formula is C20H25ClN2O3. The minimum atomic E-state index is -0.285. The van der Waals surface area contributed by atoms with E-state index >= 15 is 0 Å². The number of ether oxygens (including phenoxy) is 2. The highest BCUT2D eigenvalue weighted by molar-refractivity contribution is 5.97. The van der Waals surface area contributed by atoms with Crippen molar-refractivity contribution in [2.45, 2.75) is 13.5 Å². The Balaban J connectivity index is 0.00000243. The van der Waals surface area contributed by atoms with Gasteiger partial charge >= 0.3 is 5.97 Å². The van der Waals surface area contributed by atoms with E-state index in [0.717, 1.165) is 24.5 Å². The van der Waals surface area contributed by atoms with Crippen LogP contribution in [0.4, 0.5) is 11.4 Å². The summed E-state index contributed by atoms with van der Waals surface area (Å²) in [6, 6.07) is 16.1. The Morgan fingerprint density at radius 3 is 2.58 bits per heavy atom. The Hall–Kier alpha value is -2.24. The molecule has 2 aromatic carbocycles. The lowest BCUT2D eigenvalue weighted by molar-refractivity contribution is 0.0526. The van der Waals surface area contributed by atoms with Crippen LogP contribution < -0.4 is 10.2 Å². The zero-order chi connectivity index (χ0) is 17.5. The summed E-state index contributed by atoms with van der Waals surface area (Å²) < 4.78 is 10.7. The van der Waals surface area contributed by atoms with Crippen LogP contribution in [0.3, 0.4) is 0 Å². The molecule has 0 bridgehead atoms. The van der Waals surface area contributed by atoms with Crippen LogP contribution in [0.5, 0.6) is 0 Å². The molecule has 140 valence electrons. The molecule has 0 radical (unpaired) electrons. The van der Waals surface area contributed by atoms with Crippen molar-refractivity contribution in [2.24, 2.45) is 0 Å². The number of nitrogens with zero attached hydrogens (tertiary/aromatic N) is 1. The van der Waals surface area contributed by atoms with Crippen molar-refractivity contribution in [1.29, 1.82) is 0 Å². The Labute approximate surface area is 160 Å². The Morgan fingerprint density at radius 1 is 1.15 bits per heavy atom. The van der Waals surface area contributed by atoms with Gasteiger partial charge in [0.25, 0.3) is 0 Å². The van der Waals surface area contributed by atoms with Crippen LogP contribution in [-0.2, 0) is 16.0 Å². The molecule has 3 rings (SSSR count). The second kappa shape index (κ2) is 10.0. The number of morpholine rings is 1. The van der Waals surface area contributed by atoms with E-state index in [-0.39, 0.29) is 18.4 Å². The molecule has 1 aliphatic rings. The number of nitrogens with one attached hydrogen (secondary N) is 1. The van der Waals surface area contributed by atoms with E-state index in [1.807, 2.05) is 43.3 Å². The van der Waals surface area contributed by atoms with Crippen molar-refractivity contribution < 1.29 is 14.3 Å². The molecule has 5 nitrogen and oxygen atoms in total. The van der Waals surface area contributed by atoms with Gasteiger partial charge in [-0.15, -0.1) is 12.4 Å². The van der Waals surface area contributed by atoms with Crippen LogP contribution in [0, 0.1) is 0 Å². The maximum atomic E-state index is 12.4. The first-order chi connectivity index (χ1) is 12.3. The topological polar surface area (TPSA) is 50.8 Å². The van der Waals surface area contributed by atoms with Gasteiger partial charge in [0.1, 0.15) is 0 Å². The molecule has 0 saturated carbocycles. The first kappa shape index (κ1) is 20.1. The second-order valence-electron chi connectivity index (χ2n) is 5.89. The van der Waals surface area contributed by atoms with Crippen LogP contribution in [0.15, 0.2) is 48.5 Å². The molecule has 0 aromatic heterocycles. The number of rotatable bonds is 6. The zero-order valence-electron chi connectivity index (χ0n) is 14.9. The predicted molar refractivity (Wildman–Crippen MR) is 106 cm³/mol. The van der Waals surface area contributed by atoms with Crippen LogP contribution in [0.1, 0.15) is 22.8 Å². The average molecular weight is 377 g/mol. The van der Waals surface area contributed by atoms with Crippen LogP contribution >= 0.6 is 12.4 Å². The summed E-state index contributed by atoms with van der Waals surface area (Å²) in [5, 5.41) is 3.38. The third-order valence-corrected chi connectivity index (χ3v) is 4.18. The highest BCUT2D eigenvalue weighted by Gasteiger charge is 2.20. The molecule has 0 spiro atoms. The Kier molecular flexibility index (Phi) is 7.75. The lowest BCUT2D eigenvalue weighted by Gasteiger charge is -2.30. The smallest absolute Gasteiger partial charge is 0.340 e. The molecule has 1 heterocycles. The predicted octanol–water partition coefficient (Wildman–Crippen LogP) is 3.73. The van der Waals surface area contributed by atoms with E-state index in [1.54, 1.807) is 0 Å². The van der Waals surface area contributed by atoms with Crippen molar-refractivity contribution in [2.75, 3.05) is 43.1 Å². The highest BCUT2D eigenvalue weighted by Crippen LogP contribution is 2.26. The number of anilines is 2. The summed E-state index contributed by atoms with van der Waals surface area (Å²) in [5.74, 6) is -0.285. The molecule has 1 N–H and O–H groups in total.